The number of hydrogen-bond acceptors (Lipinski definition) is 4. The molecular formula is C15H26N4O. The smallest absolute Gasteiger partial charge is 0.252 e. The van der Waals surface area contributed by atoms with Crippen LogP contribution in [0.1, 0.15) is 41.9 Å². The quantitative estimate of drug-likeness (QED) is 0.827. The molecule has 0 radical (unpaired) electrons. The van der Waals surface area contributed by atoms with E-state index in [1.54, 1.807) is 0 Å². The summed E-state index contributed by atoms with van der Waals surface area (Å²) in [5.41, 5.74) is 13.8. The van der Waals surface area contributed by atoms with Crippen LogP contribution in [0.5, 0.6) is 0 Å². The molecule has 0 spiro atoms. The number of nitrogens with zero attached hydrogens (tertiary/aromatic N) is 2. The lowest BCUT2D eigenvalue weighted by molar-refractivity contribution is 0.1000. The lowest BCUT2D eigenvalue weighted by Crippen LogP contribution is -2.33. The molecule has 0 saturated heterocycles. The first-order chi connectivity index (χ1) is 9.23. The van der Waals surface area contributed by atoms with Gasteiger partial charge < -0.3 is 16.4 Å². The van der Waals surface area contributed by atoms with Crippen LogP contribution in [0.3, 0.4) is 0 Å². The minimum atomic E-state index is -0.440. The number of nitrogens with two attached hydrogens (primary N) is 2. The fraction of sp³-hybridized carbons (Fsp3) is 0.600. The number of amides is 1. The van der Waals surface area contributed by atoms with Crippen LogP contribution in [-0.2, 0) is 0 Å². The molecule has 1 atom stereocenters. The van der Waals surface area contributed by atoms with Crippen molar-refractivity contribution in [1.29, 1.82) is 0 Å². The third kappa shape index (κ3) is 3.93. The summed E-state index contributed by atoms with van der Waals surface area (Å²) in [7, 11) is 1.92. The first-order valence-electron chi connectivity index (χ1n) is 6.98. The summed E-state index contributed by atoms with van der Waals surface area (Å²) >= 11 is 0. The molecule has 1 heterocycles. The summed E-state index contributed by atoms with van der Waals surface area (Å²) in [5, 5.41) is 0. The van der Waals surface area contributed by atoms with Crippen LogP contribution in [0.4, 0.5) is 5.82 Å². The Labute approximate surface area is 121 Å². The van der Waals surface area contributed by atoms with E-state index in [1.807, 2.05) is 31.9 Å². The molecule has 1 aromatic heterocycles. The summed E-state index contributed by atoms with van der Waals surface area (Å²) in [6.07, 6.45) is 0.848. The number of aryl methyl sites for hydroxylation is 2. The SMILES string of the molecule is Cc1cc(C)c(C(N)=O)c(N(C)CCC(N)C(C)C)n1. The summed E-state index contributed by atoms with van der Waals surface area (Å²) < 4.78 is 0. The van der Waals surface area contributed by atoms with Gasteiger partial charge in [0.2, 0.25) is 0 Å². The van der Waals surface area contributed by atoms with E-state index in [4.69, 9.17) is 11.5 Å². The van der Waals surface area contributed by atoms with Gasteiger partial charge in [-0.25, -0.2) is 4.98 Å². The number of carbonyl (C=O) groups is 1. The topological polar surface area (TPSA) is 85.2 Å². The van der Waals surface area contributed by atoms with Gasteiger partial charge in [0, 0.05) is 25.3 Å². The lowest BCUT2D eigenvalue weighted by atomic mass is 10.0. The van der Waals surface area contributed by atoms with Gasteiger partial charge >= 0.3 is 0 Å². The van der Waals surface area contributed by atoms with Gasteiger partial charge in [-0.15, -0.1) is 0 Å². The normalized spacial score (nSPS) is 12.6. The van der Waals surface area contributed by atoms with Crippen LogP contribution >= 0.6 is 0 Å². The Kier molecular flexibility index (Phi) is 5.51. The van der Waals surface area contributed by atoms with Crippen molar-refractivity contribution in [3.63, 3.8) is 0 Å². The molecule has 0 bridgehead atoms. The highest BCUT2D eigenvalue weighted by Gasteiger charge is 2.18. The minimum absolute atomic E-state index is 0.139. The second-order valence-electron chi connectivity index (χ2n) is 5.76. The molecule has 1 amide bonds. The van der Waals surface area contributed by atoms with Crippen LogP contribution in [0.15, 0.2) is 6.07 Å². The monoisotopic (exact) mass is 278 g/mol. The van der Waals surface area contributed by atoms with Crippen LogP contribution in [0, 0.1) is 19.8 Å². The van der Waals surface area contributed by atoms with E-state index in [-0.39, 0.29) is 6.04 Å². The Balaban J connectivity index is 2.97. The Morgan fingerprint density at radius 3 is 2.50 bits per heavy atom. The molecule has 1 unspecified atom stereocenters. The van der Waals surface area contributed by atoms with Crippen LogP contribution < -0.4 is 16.4 Å². The largest absolute Gasteiger partial charge is 0.365 e. The van der Waals surface area contributed by atoms with Crippen LogP contribution in [0.25, 0.3) is 0 Å². The van der Waals surface area contributed by atoms with E-state index in [2.05, 4.69) is 18.8 Å². The molecule has 1 rings (SSSR count). The Morgan fingerprint density at radius 2 is 2.00 bits per heavy atom. The van der Waals surface area contributed by atoms with Gasteiger partial charge in [0.05, 0.1) is 5.56 Å². The van der Waals surface area contributed by atoms with E-state index in [0.717, 1.165) is 24.2 Å². The third-order valence-corrected chi connectivity index (χ3v) is 3.59. The van der Waals surface area contributed by atoms with Crippen molar-refractivity contribution in [1.82, 2.24) is 4.98 Å². The fourth-order valence-electron chi connectivity index (χ4n) is 2.18. The average molecular weight is 278 g/mol. The van der Waals surface area contributed by atoms with Crippen molar-refractivity contribution >= 4 is 11.7 Å². The van der Waals surface area contributed by atoms with Gasteiger partial charge in [-0.2, -0.15) is 0 Å². The van der Waals surface area contributed by atoms with Crippen molar-refractivity contribution < 1.29 is 4.79 Å². The van der Waals surface area contributed by atoms with Crippen molar-refractivity contribution in [3.8, 4) is 0 Å². The molecule has 0 saturated carbocycles. The number of primary amides is 1. The second-order valence-corrected chi connectivity index (χ2v) is 5.76. The molecule has 0 aromatic carbocycles. The zero-order chi connectivity index (χ0) is 15.4. The highest BCUT2D eigenvalue weighted by Crippen LogP contribution is 2.21. The van der Waals surface area contributed by atoms with Crippen molar-refractivity contribution in [2.75, 3.05) is 18.5 Å². The van der Waals surface area contributed by atoms with E-state index in [1.165, 1.54) is 0 Å². The van der Waals surface area contributed by atoms with Gasteiger partial charge in [0.25, 0.3) is 5.91 Å². The van der Waals surface area contributed by atoms with Gasteiger partial charge in [-0.1, -0.05) is 13.8 Å². The Bertz CT molecular complexity index is 485. The Hall–Kier alpha value is -1.62. The van der Waals surface area contributed by atoms with E-state index >= 15 is 0 Å². The molecule has 0 aliphatic rings. The molecular weight excluding hydrogens is 252 g/mol. The predicted molar refractivity (Wildman–Crippen MR) is 82.9 cm³/mol. The lowest BCUT2D eigenvalue weighted by Gasteiger charge is -2.24. The zero-order valence-corrected chi connectivity index (χ0v) is 13.1. The summed E-state index contributed by atoms with van der Waals surface area (Å²) in [4.78, 5) is 18.1. The molecule has 5 heteroatoms. The number of hydrogen-bond donors (Lipinski definition) is 2. The molecule has 0 aliphatic carbocycles. The molecule has 20 heavy (non-hydrogen) atoms. The predicted octanol–water partition coefficient (Wildman–Crippen LogP) is 1.61. The molecule has 112 valence electrons. The summed E-state index contributed by atoms with van der Waals surface area (Å²) in [6.45, 7) is 8.75. The molecule has 0 aliphatic heterocycles. The highest BCUT2D eigenvalue weighted by atomic mass is 16.1. The van der Waals surface area contributed by atoms with Gasteiger partial charge in [0.15, 0.2) is 0 Å². The average Bonchev–Trinajstić information content (AvgIpc) is 2.33. The van der Waals surface area contributed by atoms with Gasteiger partial charge in [-0.05, 0) is 37.8 Å². The maximum absolute atomic E-state index is 11.6. The number of rotatable bonds is 6. The standard InChI is InChI=1S/C15H26N4O/c1-9(2)12(16)6-7-19(5)15-13(14(17)20)10(3)8-11(4)18-15/h8-9,12H,6-7,16H2,1-5H3,(H2,17,20). The van der Waals surface area contributed by atoms with Gasteiger partial charge in [0.1, 0.15) is 5.82 Å². The van der Waals surface area contributed by atoms with E-state index in [0.29, 0.717) is 17.3 Å². The number of anilines is 1. The fourth-order valence-corrected chi connectivity index (χ4v) is 2.18. The third-order valence-electron chi connectivity index (χ3n) is 3.59. The zero-order valence-electron chi connectivity index (χ0n) is 13.1. The molecule has 0 fully saturated rings. The second kappa shape index (κ2) is 6.70. The minimum Gasteiger partial charge on any atom is -0.365 e. The van der Waals surface area contributed by atoms with Gasteiger partial charge in [-0.3, -0.25) is 4.79 Å². The number of carbonyl (C=O) groups excluding carboxylic acids is 1. The number of pyridine rings is 1. The van der Waals surface area contributed by atoms with Crippen LogP contribution in [-0.4, -0.2) is 30.5 Å². The first-order valence-corrected chi connectivity index (χ1v) is 6.98. The first kappa shape index (κ1) is 16.4. The summed E-state index contributed by atoms with van der Waals surface area (Å²) in [5.74, 6) is 0.641. The van der Waals surface area contributed by atoms with Crippen molar-refractivity contribution in [2.45, 2.75) is 40.2 Å². The summed E-state index contributed by atoms with van der Waals surface area (Å²) in [6, 6.07) is 2.01. The van der Waals surface area contributed by atoms with E-state index in [9.17, 15) is 4.79 Å². The maximum Gasteiger partial charge on any atom is 0.252 e. The maximum atomic E-state index is 11.6. The van der Waals surface area contributed by atoms with E-state index < -0.39 is 5.91 Å². The molecule has 5 nitrogen and oxygen atoms in total. The number of aromatic nitrogens is 1. The highest BCUT2D eigenvalue weighted by molar-refractivity contribution is 5.99. The molecule has 1 aromatic rings. The van der Waals surface area contributed by atoms with Crippen LogP contribution in [0.2, 0.25) is 0 Å². The molecule has 4 N–H and O–H groups in total. The Morgan fingerprint density at radius 1 is 1.40 bits per heavy atom. The van der Waals surface area contributed by atoms with Crippen molar-refractivity contribution in [2.24, 2.45) is 17.4 Å². The van der Waals surface area contributed by atoms with Crippen molar-refractivity contribution in [3.05, 3.63) is 22.9 Å².